The van der Waals surface area contributed by atoms with E-state index in [2.05, 4.69) is 11.4 Å². The molecular weight excluding hydrogens is 351 g/mol. The SMILES string of the molecule is CCCCCCCCCCCCCCC[C@@H]1CC[C@@H](COP(=O)(O)O)O1. The molecule has 6 heteroatoms. The molecule has 5 nitrogen and oxygen atoms in total. The third-order valence-corrected chi connectivity index (χ3v) is 5.74. The summed E-state index contributed by atoms with van der Waals surface area (Å²) in [6.07, 6.45) is 20.6. The largest absolute Gasteiger partial charge is 0.469 e. The van der Waals surface area contributed by atoms with E-state index in [0.717, 1.165) is 19.3 Å². The van der Waals surface area contributed by atoms with Gasteiger partial charge in [-0.3, -0.25) is 4.52 Å². The number of ether oxygens (including phenoxy) is 1. The van der Waals surface area contributed by atoms with Crippen molar-refractivity contribution in [2.45, 2.75) is 122 Å². The summed E-state index contributed by atoms with van der Waals surface area (Å²) in [5, 5.41) is 0. The summed E-state index contributed by atoms with van der Waals surface area (Å²) >= 11 is 0. The van der Waals surface area contributed by atoms with Gasteiger partial charge in [-0.2, -0.15) is 0 Å². The third-order valence-electron chi connectivity index (χ3n) is 5.25. The summed E-state index contributed by atoms with van der Waals surface area (Å²) in [5.41, 5.74) is 0. The number of hydrogen-bond donors (Lipinski definition) is 2. The quantitative estimate of drug-likeness (QED) is 0.230. The molecule has 1 heterocycles. The van der Waals surface area contributed by atoms with E-state index >= 15 is 0 Å². The van der Waals surface area contributed by atoms with Crippen LogP contribution in [-0.4, -0.2) is 28.6 Å². The third kappa shape index (κ3) is 14.2. The number of phosphoric acid groups is 1. The molecule has 1 aliphatic rings. The monoisotopic (exact) mass is 392 g/mol. The van der Waals surface area contributed by atoms with Crippen LogP contribution in [0.15, 0.2) is 0 Å². The molecule has 0 unspecified atom stereocenters. The summed E-state index contributed by atoms with van der Waals surface area (Å²) in [6.45, 7) is 2.27. The van der Waals surface area contributed by atoms with Crippen LogP contribution < -0.4 is 0 Å². The van der Waals surface area contributed by atoms with E-state index < -0.39 is 7.82 Å². The summed E-state index contributed by atoms with van der Waals surface area (Å²) in [6, 6.07) is 0. The molecule has 0 radical (unpaired) electrons. The van der Waals surface area contributed by atoms with Crippen LogP contribution in [0.3, 0.4) is 0 Å². The molecule has 1 aliphatic heterocycles. The van der Waals surface area contributed by atoms with Crippen molar-refractivity contribution in [2.75, 3.05) is 6.61 Å². The van der Waals surface area contributed by atoms with Gasteiger partial charge in [-0.05, 0) is 19.3 Å². The van der Waals surface area contributed by atoms with Crippen LogP contribution in [0, 0.1) is 0 Å². The molecule has 0 aliphatic carbocycles. The molecule has 2 atom stereocenters. The number of phosphoric ester groups is 1. The molecule has 156 valence electrons. The van der Waals surface area contributed by atoms with Gasteiger partial charge in [0, 0.05) is 0 Å². The Morgan fingerprint density at radius 3 is 1.77 bits per heavy atom. The van der Waals surface area contributed by atoms with Crippen molar-refractivity contribution in [2.24, 2.45) is 0 Å². The molecule has 1 rings (SSSR count). The van der Waals surface area contributed by atoms with Crippen molar-refractivity contribution in [3.8, 4) is 0 Å². The van der Waals surface area contributed by atoms with Gasteiger partial charge in [-0.25, -0.2) is 4.57 Å². The first kappa shape index (κ1) is 24.1. The van der Waals surface area contributed by atoms with Crippen LogP contribution in [0.1, 0.15) is 110 Å². The Morgan fingerprint density at radius 2 is 1.27 bits per heavy atom. The number of unbranched alkanes of at least 4 members (excludes halogenated alkanes) is 12. The molecule has 1 saturated heterocycles. The molecule has 0 spiro atoms. The van der Waals surface area contributed by atoms with Gasteiger partial charge in [0.05, 0.1) is 18.8 Å². The minimum atomic E-state index is -4.37. The summed E-state index contributed by atoms with van der Waals surface area (Å²) in [5.74, 6) is 0. The zero-order valence-corrected chi connectivity index (χ0v) is 17.6. The van der Waals surface area contributed by atoms with Crippen LogP contribution in [0.5, 0.6) is 0 Å². The zero-order chi connectivity index (χ0) is 19.1. The lowest BCUT2D eigenvalue weighted by atomic mass is 10.0. The highest BCUT2D eigenvalue weighted by Crippen LogP contribution is 2.37. The van der Waals surface area contributed by atoms with Gasteiger partial charge in [0.25, 0.3) is 0 Å². The van der Waals surface area contributed by atoms with Gasteiger partial charge in [-0.15, -0.1) is 0 Å². The molecule has 0 aromatic heterocycles. The highest BCUT2D eigenvalue weighted by atomic mass is 31.2. The second-order valence-corrected chi connectivity index (χ2v) is 9.01. The van der Waals surface area contributed by atoms with Gasteiger partial charge in [-0.1, -0.05) is 90.4 Å². The molecule has 0 bridgehead atoms. The molecule has 0 aromatic rings. The maximum atomic E-state index is 10.7. The van der Waals surface area contributed by atoms with Gasteiger partial charge >= 0.3 is 7.82 Å². The first-order valence-corrected chi connectivity index (χ1v) is 12.4. The van der Waals surface area contributed by atoms with E-state index in [0.29, 0.717) is 0 Å². The van der Waals surface area contributed by atoms with Crippen molar-refractivity contribution < 1.29 is 23.6 Å². The minimum Gasteiger partial charge on any atom is -0.373 e. The Kier molecular flexibility index (Phi) is 14.0. The fourth-order valence-electron chi connectivity index (χ4n) is 3.69. The van der Waals surface area contributed by atoms with Crippen LogP contribution in [0.2, 0.25) is 0 Å². The molecule has 1 fully saturated rings. The van der Waals surface area contributed by atoms with Crippen molar-refractivity contribution in [3.63, 3.8) is 0 Å². The average molecular weight is 393 g/mol. The Morgan fingerprint density at radius 1 is 0.808 bits per heavy atom. The summed E-state index contributed by atoms with van der Waals surface area (Å²) < 4.78 is 21.0. The lowest BCUT2D eigenvalue weighted by Crippen LogP contribution is -2.16. The topological polar surface area (TPSA) is 76.0 Å². The van der Waals surface area contributed by atoms with Crippen molar-refractivity contribution in [1.29, 1.82) is 0 Å². The van der Waals surface area contributed by atoms with Crippen LogP contribution in [0.4, 0.5) is 0 Å². The predicted molar refractivity (Wildman–Crippen MR) is 106 cm³/mol. The van der Waals surface area contributed by atoms with E-state index in [4.69, 9.17) is 14.5 Å². The second-order valence-electron chi connectivity index (χ2n) is 7.78. The smallest absolute Gasteiger partial charge is 0.373 e. The average Bonchev–Trinajstić information content (AvgIpc) is 3.04. The number of hydrogen-bond acceptors (Lipinski definition) is 3. The lowest BCUT2D eigenvalue weighted by Gasteiger charge is -2.14. The van der Waals surface area contributed by atoms with E-state index in [1.807, 2.05) is 0 Å². The molecular formula is C20H41O5P. The van der Waals surface area contributed by atoms with Crippen molar-refractivity contribution in [1.82, 2.24) is 0 Å². The Balaban J connectivity index is 1.82. The number of rotatable bonds is 17. The van der Waals surface area contributed by atoms with E-state index in [1.54, 1.807) is 0 Å². The molecule has 0 aromatic carbocycles. The molecule has 26 heavy (non-hydrogen) atoms. The fourth-order valence-corrected chi connectivity index (χ4v) is 4.05. The highest BCUT2D eigenvalue weighted by Gasteiger charge is 2.27. The van der Waals surface area contributed by atoms with E-state index in [-0.39, 0.29) is 18.8 Å². The van der Waals surface area contributed by atoms with Crippen molar-refractivity contribution >= 4 is 7.82 Å². The van der Waals surface area contributed by atoms with Crippen LogP contribution in [-0.2, 0) is 13.8 Å². The normalized spacial score (nSPS) is 20.7. The predicted octanol–water partition coefficient (Wildman–Crippen LogP) is 6.12. The van der Waals surface area contributed by atoms with Gasteiger partial charge < -0.3 is 14.5 Å². The standard InChI is InChI=1S/C20H41O5P/c1-2-3-4-5-6-7-8-9-10-11-12-13-14-15-19-16-17-20(25-19)18-24-26(21,22)23/h19-20H,2-18H2,1H3,(H2,21,22,23)/t19-,20+/m1/s1. The van der Waals surface area contributed by atoms with Gasteiger partial charge in [0.1, 0.15) is 0 Å². The van der Waals surface area contributed by atoms with Crippen LogP contribution >= 0.6 is 7.82 Å². The molecule has 2 N–H and O–H groups in total. The molecule has 0 saturated carbocycles. The maximum absolute atomic E-state index is 10.7. The first-order chi connectivity index (χ1) is 12.5. The maximum Gasteiger partial charge on any atom is 0.469 e. The Labute approximate surface area is 160 Å². The van der Waals surface area contributed by atoms with Crippen molar-refractivity contribution in [3.05, 3.63) is 0 Å². The van der Waals surface area contributed by atoms with Crippen LogP contribution in [0.25, 0.3) is 0 Å². The van der Waals surface area contributed by atoms with Gasteiger partial charge in [0.2, 0.25) is 0 Å². The fraction of sp³-hybridized carbons (Fsp3) is 1.00. The van der Waals surface area contributed by atoms with E-state index in [9.17, 15) is 4.57 Å². The molecule has 0 amide bonds. The lowest BCUT2D eigenvalue weighted by molar-refractivity contribution is 0.00689. The Bertz CT molecular complexity index is 371. The summed E-state index contributed by atoms with van der Waals surface area (Å²) in [7, 11) is -4.37. The van der Waals surface area contributed by atoms with Gasteiger partial charge in [0.15, 0.2) is 0 Å². The zero-order valence-electron chi connectivity index (χ0n) is 16.7. The second kappa shape index (κ2) is 15.0. The first-order valence-electron chi connectivity index (χ1n) is 10.9. The minimum absolute atomic E-state index is 0.000613. The highest BCUT2D eigenvalue weighted by molar-refractivity contribution is 7.46. The van der Waals surface area contributed by atoms with E-state index in [1.165, 1.54) is 83.5 Å². The summed E-state index contributed by atoms with van der Waals surface area (Å²) in [4.78, 5) is 17.4. The Hall–Kier alpha value is 0.0700.